The molecule has 0 fully saturated rings. The molecular weight excluding hydrogens is 598 g/mol. The molecule has 0 saturated heterocycles. The maximum Gasteiger partial charge on any atom is 0.264 e. The van der Waals surface area contributed by atoms with Crippen molar-refractivity contribution < 1.29 is 22.7 Å². The molecule has 1 atom stereocenters. The quantitative estimate of drug-likeness (QED) is 0.193. The van der Waals surface area contributed by atoms with Gasteiger partial charge < -0.3 is 15.0 Å². The number of rotatable bonds is 13. The number of ether oxygens (including phenoxy) is 1. The van der Waals surface area contributed by atoms with Gasteiger partial charge in [0.05, 0.1) is 17.7 Å². The van der Waals surface area contributed by atoms with Gasteiger partial charge >= 0.3 is 0 Å². The van der Waals surface area contributed by atoms with Crippen LogP contribution in [0.1, 0.15) is 44.4 Å². The molecule has 242 valence electrons. The second kappa shape index (κ2) is 15.1. The van der Waals surface area contributed by atoms with Crippen molar-refractivity contribution in [3.05, 3.63) is 126 Å². The number of anilines is 1. The van der Waals surface area contributed by atoms with Gasteiger partial charge in [-0.1, -0.05) is 85.8 Å². The van der Waals surface area contributed by atoms with Gasteiger partial charge in [-0.25, -0.2) is 8.42 Å². The summed E-state index contributed by atoms with van der Waals surface area (Å²) in [4.78, 5) is 30.3. The van der Waals surface area contributed by atoms with Crippen LogP contribution >= 0.6 is 0 Å². The predicted molar refractivity (Wildman–Crippen MR) is 182 cm³/mol. The van der Waals surface area contributed by atoms with E-state index in [1.165, 1.54) is 21.3 Å². The fourth-order valence-corrected chi connectivity index (χ4v) is 6.73. The second-order valence-corrected chi connectivity index (χ2v) is 14.0. The molecule has 0 unspecified atom stereocenters. The molecule has 2 amide bonds. The van der Waals surface area contributed by atoms with Gasteiger partial charge in [0.15, 0.2) is 0 Å². The van der Waals surface area contributed by atoms with Gasteiger partial charge in [0, 0.05) is 18.5 Å². The number of hydrogen-bond acceptors (Lipinski definition) is 5. The smallest absolute Gasteiger partial charge is 0.264 e. The van der Waals surface area contributed by atoms with Crippen LogP contribution in [0, 0.1) is 0 Å². The zero-order chi connectivity index (χ0) is 33.3. The Labute approximate surface area is 273 Å². The number of benzene rings is 4. The van der Waals surface area contributed by atoms with Crippen molar-refractivity contribution in [2.24, 2.45) is 0 Å². The van der Waals surface area contributed by atoms with Gasteiger partial charge in [-0.2, -0.15) is 0 Å². The van der Waals surface area contributed by atoms with Gasteiger partial charge in [0.1, 0.15) is 18.3 Å². The Balaban J connectivity index is 1.85. The molecular formula is C37H43N3O5S. The fourth-order valence-electron chi connectivity index (χ4n) is 5.26. The van der Waals surface area contributed by atoms with Crippen molar-refractivity contribution in [3.8, 4) is 5.75 Å². The summed E-state index contributed by atoms with van der Waals surface area (Å²) < 4.78 is 35.1. The van der Waals surface area contributed by atoms with Crippen molar-refractivity contribution in [2.75, 3.05) is 18.0 Å². The van der Waals surface area contributed by atoms with E-state index in [9.17, 15) is 18.0 Å². The lowest BCUT2D eigenvalue weighted by molar-refractivity contribution is -0.140. The van der Waals surface area contributed by atoms with E-state index in [1.807, 2.05) is 88.4 Å². The van der Waals surface area contributed by atoms with Gasteiger partial charge in [0.25, 0.3) is 10.0 Å². The summed E-state index contributed by atoms with van der Waals surface area (Å²) in [6.07, 6.45) is 0.790. The first-order valence-electron chi connectivity index (χ1n) is 15.4. The molecule has 46 heavy (non-hydrogen) atoms. The second-order valence-electron chi connectivity index (χ2n) is 12.1. The summed E-state index contributed by atoms with van der Waals surface area (Å²) >= 11 is 0. The lowest BCUT2D eigenvalue weighted by Gasteiger charge is -2.35. The summed E-state index contributed by atoms with van der Waals surface area (Å²) in [5.41, 5.74) is 2.23. The molecule has 0 radical (unpaired) electrons. The van der Waals surface area contributed by atoms with Crippen LogP contribution in [0.5, 0.6) is 5.75 Å². The highest BCUT2D eigenvalue weighted by Gasteiger charge is 2.36. The van der Waals surface area contributed by atoms with E-state index in [0.29, 0.717) is 17.9 Å². The molecule has 1 N–H and O–H groups in total. The van der Waals surface area contributed by atoms with Crippen LogP contribution in [0.4, 0.5) is 5.69 Å². The van der Waals surface area contributed by atoms with Crippen molar-refractivity contribution >= 4 is 27.5 Å². The van der Waals surface area contributed by atoms with E-state index < -0.39 is 34.1 Å². The van der Waals surface area contributed by atoms with E-state index in [-0.39, 0.29) is 23.8 Å². The fraction of sp³-hybridized carbons (Fsp3) is 0.297. The minimum atomic E-state index is -4.17. The SMILES string of the molecule is CCc1ccccc1N(CC(=O)N(Cc1cccc(OC)c1)[C@@H](Cc1ccccc1)C(=O)NC(C)(C)C)S(=O)(=O)c1ccccc1. The number of aryl methyl sites for hydroxylation is 1. The van der Waals surface area contributed by atoms with Crippen molar-refractivity contribution in [1.82, 2.24) is 10.2 Å². The first-order chi connectivity index (χ1) is 21.9. The zero-order valence-electron chi connectivity index (χ0n) is 27.1. The normalized spacial score (nSPS) is 12.2. The third-order valence-electron chi connectivity index (χ3n) is 7.51. The number of nitrogens with zero attached hydrogens (tertiary/aromatic N) is 2. The third kappa shape index (κ3) is 8.75. The first-order valence-corrected chi connectivity index (χ1v) is 16.8. The zero-order valence-corrected chi connectivity index (χ0v) is 28.0. The molecule has 0 aromatic heterocycles. The summed E-state index contributed by atoms with van der Waals surface area (Å²) in [6.45, 7) is 7.14. The van der Waals surface area contributed by atoms with Crippen LogP contribution in [-0.4, -0.2) is 50.4 Å². The highest BCUT2D eigenvalue weighted by atomic mass is 32.2. The Bertz CT molecular complexity index is 1720. The number of amides is 2. The molecule has 8 nitrogen and oxygen atoms in total. The molecule has 0 heterocycles. The predicted octanol–water partition coefficient (Wildman–Crippen LogP) is 6.01. The van der Waals surface area contributed by atoms with E-state index in [0.717, 1.165) is 16.7 Å². The van der Waals surface area contributed by atoms with Crippen molar-refractivity contribution in [3.63, 3.8) is 0 Å². The minimum absolute atomic E-state index is 0.0553. The molecule has 0 aliphatic heterocycles. The highest BCUT2D eigenvalue weighted by Crippen LogP contribution is 2.29. The van der Waals surface area contributed by atoms with Gasteiger partial charge in [-0.3, -0.25) is 13.9 Å². The van der Waals surface area contributed by atoms with Crippen LogP contribution < -0.4 is 14.4 Å². The average Bonchev–Trinajstić information content (AvgIpc) is 3.05. The maximum atomic E-state index is 14.7. The standard InChI is InChI=1S/C37H43N3O5S/c1-6-30-19-13-14-23-33(30)40(46(43,44)32-21-11-8-12-22-32)27-35(41)39(26-29-18-15-20-31(24-29)45-5)34(36(42)38-37(2,3)4)25-28-16-9-7-10-17-28/h7-24,34H,6,25-27H2,1-5H3,(H,38,42)/t34-/m0/s1. The topological polar surface area (TPSA) is 96.0 Å². The van der Waals surface area contributed by atoms with E-state index >= 15 is 0 Å². The molecule has 0 bridgehead atoms. The van der Waals surface area contributed by atoms with Crippen molar-refractivity contribution in [2.45, 2.75) is 63.6 Å². The van der Waals surface area contributed by atoms with E-state index in [1.54, 1.807) is 43.5 Å². The van der Waals surface area contributed by atoms with Crippen LogP contribution in [0.15, 0.2) is 114 Å². The first kappa shape index (κ1) is 34.2. The molecule has 4 aromatic rings. The van der Waals surface area contributed by atoms with Gasteiger partial charge in [0.2, 0.25) is 11.8 Å². The Hall–Kier alpha value is -4.63. The average molecular weight is 642 g/mol. The minimum Gasteiger partial charge on any atom is -0.497 e. The largest absolute Gasteiger partial charge is 0.497 e. The number of methoxy groups -OCH3 is 1. The van der Waals surface area contributed by atoms with E-state index in [4.69, 9.17) is 4.74 Å². The summed E-state index contributed by atoms with van der Waals surface area (Å²) in [5, 5.41) is 3.05. The number of sulfonamides is 1. The van der Waals surface area contributed by atoms with Gasteiger partial charge in [-0.05, 0) is 74.2 Å². The van der Waals surface area contributed by atoms with Crippen LogP contribution in [-0.2, 0) is 39.0 Å². The lowest BCUT2D eigenvalue weighted by atomic mass is 10.0. The molecule has 0 saturated carbocycles. The van der Waals surface area contributed by atoms with Crippen LogP contribution in [0.3, 0.4) is 0 Å². The molecule has 9 heteroatoms. The number of para-hydroxylation sites is 1. The highest BCUT2D eigenvalue weighted by molar-refractivity contribution is 7.92. The Morgan fingerprint density at radius 3 is 2.07 bits per heavy atom. The molecule has 4 aromatic carbocycles. The van der Waals surface area contributed by atoms with E-state index in [2.05, 4.69) is 5.32 Å². The van der Waals surface area contributed by atoms with Crippen LogP contribution in [0.2, 0.25) is 0 Å². The maximum absolute atomic E-state index is 14.7. The monoisotopic (exact) mass is 641 g/mol. The van der Waals surface area contributed by atoms with Crippen LogP contribution in [0.25, 0.3) is 0 Å². The molecule has 0 spiro atoms. The molecule has 0 aliphatic rings. The number of carbonyl (C=O) groups is 2. The van der Waals surface area contributed by atoms with Crippen molar-refractivity contribution in [1.29, 1.82) is 0 Å². The Kier molecular flexibility index (Phi) is 11.2. The summed E-state index contributed by atoms with van der Waals surface area (Å²) in [7, 11) is -2.60. The number of nitrogens with one attached hydrogen (secondary N) is 1. The number of hydrogen-bond donors (Lipinski definition) is 1. The Morgan fingerprint density at radius 1 is 0.826 bits per heavy atom. The molecule has 0 aliphatic carbocycles. The lowest BCUT2D eigenvalue weighted by Crippen LogP contribution is -2.56. The third-order valence-corrected chi connectivity index (χ3v) is 9.28. The summed E-state index contributed by atoms with van der Waals surface area (Å²) in [5.74, 6) is -0.244. The Morgan fingerprint density at radius 2 is 1.43 bits per heavy atom. The van der Waals surface area contributed by atoms with Gasteiger partial charge in [-0.15, -0.1) is 0 Å². The number of carbonyl (C=O) groups excluding carboxylic acids is 2. The summed E-state index contributed by atoms with van der Waals surface area (Å²) in [6, 6.07) is 31.1. The molecule has 4 rings (SSSR count).